The minimum Gasteiger partial charge on any atom is -0.448 e. The fraction of sp³-hybridized carbons (Fsp3) is 0.409. The summed E-state index contributed by atoms with van der Waals surface area (Å²) in [4.78, 5) is 14.3. The molecule has 1 amide bonds. The van der Waals surface area contributed by atoms with Gasteiger partial charge in [-0.2, -0.15) is 0 Å². The second kappa shape index (κ2) is 7.71. The molecule has 0 aromatic heterocycles. The molecule has 27 heavy (non-hydrogen) atoms. The van der Waals surface area contributed by atoms with Crippen LogP contribution in [0.15, 0.2) is 48.5 Å². The van der Waals surface area contributed by atoms with E-state index in [4.69, 9.17) is 9.47 Å². The largest absolute Gasteiger partial charge is 0.448 e. The van der Waals surface area contributed by atoms with Gasteiger partial charge >= 0.3 is 6.09 Å². The number of aliphatic hydroxyl groups is 1. The van der Waals surface area contributed by atoms with E-state index in [0.717, 1.165) is 6.42 Å². The van der Waals surface area contributed by atoms with Crippen molar-refractivity contribution in [1.82, 2.24) is 4.90 Å². The molecule has 2 atom stereocenters. The number of methoxy groups -OCH3 is 1. The summed E-state index contributed by atoms with van der Waals surface area (Å²) in [7, 11) is 1.66. The highest BCUT2D eigenvalue weighted by atomic mass is 16.6. The lowest BCUT2D eigenvalue weighted by molar-refractivity contribution is 0.0812. The lowest BCUT2D eigenvalue weighted by Gasteiger charge is -2.23. The molecule has 1 aliphatic carbocycles. The van der Waals surface area contributed by atoms with Crippen LogP contribution in [-0.4, -0.2) is 55.6 Å². The van der Waals surface area contributed by atoms with Crippen molar-refractivity contribution in [2.24, 2.45) is 5.92 Å². The maximum Gasteiger partial charge on any atom is 0.410 e. The minimum absolute atomic E-state index is 0.0475. The van der Waals surface area contributed by atoms with E-state index in [-0.39, 0.29) is 30.6 Å². The standard InChI is InChI=1S/C22H25NO4/c1-26-13-15-10-16(12-24)23(11-15)22(25)27-14-21-19-8-4-2-6-17(19)18-7-3-5-9-20(18)21/h2-9,15-16,21,24H,10-14H2,1H3/t15-,16-/m0/s1. The van der Waals surface area contributed by atoms with Crippen molar-refractivity contribution >= 4 is 6.09 Å². The number of nitrogens with zero attached hydrogens (tertiary/aromatic N) is 1. The Morgan fingerprint density at radius 2 is 1.70 bits per heavy atom. The first-order valence-electron chi connectivity index (χ1n) is 9.44. The second-order valence-electron chi connectivity index (χ2n) is 7.35. The predicted molar refractivity (Wildman–Crippen MR) is 103 cm³/mol. The topological polar surface area (TPSA) is 59.0 Å². The zero-order valence-electron chi connectivity index (χ0n) is 15.5. The van der Waals surface area contributed by atoms with Crippen LogP contribution in [0.4, 0.5) is 4.79 Å². The molecular weight excluding hydrogens is 342 g/mol. The van der Waals surface area contributed by atoms with Crippen molar-refractivity contribution in [3.63, 3.8) is 0 Å². The van der Waals surface area contributed by atoms with E-state index in [9.17, 15) is 9.90 Å². The van der Waals surface area contributed by atoms with Crippen LogP contribution in [0.5, 0.6) is 0 Å². The molecule has 5 nitrogen and oxygen atoms in total. The van der Waals surface area contributed by atoms with Crippen LogP contribution in [0.25, 0.3) is 11.1 Å². The molecule has 1 aliphatic heterocycles. The predicted octanol–water partition coefficient (Wildman–Crippen LogP) is 3.26. The molecular formula is C22H25NO4. The smallest absolute Gasteiger partial charge is 0.410 e. The van der Waals surface area contributed by atoms with Crippen molar-refractivity contribution < 1.29 is 19.4 Å². The number of carbonyl (C=O) groups is 1. The van der Waals surface area contributed by atoms with Crippen molar-refractivity contribution in [3.05, 3.63) is 59.7 Å². The Morgan fingerprint density at radius 1 is 1.07 bits per heavy atom. The van der Waals surface area contributed by atoms with Crippen LogP contribution in [-0.2, 0) is 9.47 Å². The monoisotopic (exact) mass is 367 g/mol. The van der Waals surface area contributed by atoms with Crippen molar-refractivity contribution in [2.75, 3.05) is 33.5 Å². The van der Waals surface area contributed by atoms with Crippen LogP contribution in [0.3, 0.4) is 0 Å². The molecule has 0 spiro atoms. The Labute approximate surface area is 159 Å². The molecule has 0 saturated carbocycles. The number of benzene rings is 2. The van der Waals surface area contributed by atoms with Gasteiger partial charge < -0.3 is 19.5 Å². The van der Waals surface area contributed by atoms with E-state index in [0.29, 0.717) is 19.8 Å². The van der Waals surface area contributed by atoms with Crippen LogP contribution < -0.4 is 0 Å². The van der Waals surface area contributed by atoms with Gasteiger partial charge in [0.1, 0.15) is 6.61 Å². The second-order valence-corrected chi connectivity index (χ2v) is 7.35. The van der Waals surface area contributed by atoms with Gasteiger partial charge in [-0.05, 0) is 28.7 Å². The van der Waals surface area contributed by atoms with Crippen LogP contribution >= 0.6 is 0 Å². The normalized spacial score (nSPS) is 21.2. The molecule has 4 rings (SSSR count). The molecule has 2 aromatic rings. The Balaban J connectivity index is 1.48. The van der Waals surface area contributed by atoms with Crippen LogP contribution in [0.2, 0.25) is 0 Å². The van der Waals surface area contributed by atoms with Crippen molar-refractivity contribution in [3.8, 4) is 11.1 Å². The highest BCUT2D eigenvalue weighted by molar-refractivity contribution is 5.79. The zero-order chi connectivity index (χ0) is 18.8. The lowest BCUT2D eigenvalue weighted by atomic mass is 9.98. The summed E-state index contributed by atoms with van der Waals surface area (Å²) < 4.78 is 10.9. The van der Waals surface area contributed by atoms with Gasteiger partial charge in [0.15, 0.2) is 0 Å². The summed E-state index contributed by atoms with van der Waals surface area (Å²) in [6.45, 7) is 1.40. The van der Waals surface area contributed by atoms with E-state index in [1.165, 1.54) is 22.3 Å². The fourth-order valence-corrected chi connectivity index (χ4v) is 4.44. The molecule has 0 unspecified atom stereocenters. The van der Waals surface area contributed by atoms with Gasteiger partial charge in [0, 0.05) is 25.5 Å². The van der Waals surface area contributed by atoms with E-state index >= 15 is 0 Å². The van der Waals surface area contributed by atoms with Crippen LogP contribution in [0.1, 0.15) is 23.5 Å². The van der Waals surface area contributed by atoms with E-state index in [1.54, 1.807) is 12.0 Å². The number of aliphatic hydroxyl groups excluding tert-OH is 1. The number of carbonyl (C=O) groups excluding carboxylic acids is 1. The number of rotatable bonds is 5. The van der Waals surface area contributed by atoms with E-state index < -0.39 is 0 Å². The molecule has 1 saturated heterocycles. The van der Waals surface area contributed by atoms with Gasteiger partial charge in [0.05, 0.1) is 19.3 Å². The molecule has 0 bridgehead atoms. The molecule has 0 radical (unpaired) electrons. The number of amides is 1. The number of hydrogen-bond donors (Lipinski definition) is 1. The summed E-state index contributed by atoms with van der Waals surface area (Å²) in [5.74, 6) is 0.291. The van der Waals surface area contributed by atoms with E-state index in [1.807, 2.05) is 24.3 Å². The minimum atomic E-state index is -0.352. The summed E-state index contributed by atoms with van der Waals surface area (Å²) in [5, 5.41) is 9.62. The third kappa shape index (κ3) is 3.33. The van der Waals surface area contributed by atoms with Gasteiger partial charge in [-0.1, -0.05) is 48.5 Å². The summed E-state index contributed by atoms with van der Waals surface area (Å²) in [5.41, 5.74) is 4.82. The van der Waals surface area contributed by atoms with Gasteiger partial charge in [-0.3, -0.25) is 0 Å². The summed E-state index contributed by atoms with van der Waals surface area (Å²) in [6.07, 6.45) is 0.392. The number of likely N-dealkylation sites (tertiary alicyclic amines) is 1. The maximum absolute atomic E-state index is 12.7. The van der Waals surface area contributed by atoms with Gasteiger partial charge in [-0.25, -0.2) is 4.79 Å². The molecule has 2 aromatic carbocycles. The third-order valence-corrected chi connectivity index (χ3v) is 5.68. The average Bonchev–Trinajstić information content (AvgIpc) is 3.26. The molecule has 142 valence electrons. The number of ether oxygens (including phenoxy) is 2. The highest BCUT2D eigenvalue weighted by Crippen LogP contribution is 2.44. The molecule has 5 heteroatoms. The van der Waals surface area contributed by atoms with Gasteiger partial charge in [0.25, 0.3) is 0 Å². The average molecular weight is 367 g/mol. The molecule has 1 N–H and O–H groups in total. The number of hydrogen-bond acceptors (Lipinski definition) is 4. The molecule has 2 aliphatic rings. The first kappa shape index (κ1) is 18.0. The van der Waals surface area contributed by atoms with Crippen molar-refractivity contribution in [2.45, 2.75) is 18.4 Å². The Hall–Kier alpha value is -2.37. The third-order valence-electron chi connectivity index (χ3n) is 5.68. The summed E-state index contributed by atoms with van der Waals surface area (Å²) in [6, 6.07) is 16.4. The van der Waals surface area contributed by atoms with Crippen molar-refractivity contribution in [1.29, 1.82) is 0 Å². The van der Waals surface area contributed by atoms with Gasteiger partial charge in [-0.15, -0.1) is 0 Å². The Kier molecular flexibility index (Phi) is 5.14. The SMILES string of the molecule is COC[C@H]1C[C@@H](CO)N(C(=O)OCC2c3ccccc3-c3ccccc32)C1. The molecule has 1 fully saturated rings. The van der Waals surface area contributed by atoms with Gasteiger partial charge in [0.2, 0.25) is 0 Å². The van der Waals surface area contributed by atoms with Crippen LogP contribution in [0, 0.1) is 5.92 Å². The Bertz CT molecular complexity index is 776. The maximum atomic E-state index is 12.7. The fourth-order valence-electron chi connectivity index (χ4n) is 4.44. The quantitative estimate of drug-likeness (QED) is 0.881. The Morgan fingerprint density at radius 3 is 2.30 bits per heavy atom. The van der Waals surface area contributed by atoms with E-state index in [2.05, 4.69) is 24.3 Å². The first-order chi connectivity index (χ1) is 13.2. The molecule has 1 heterocycles. The number of fused-ring (bicyclic) bond motifs is 3. The highest BCUT2D eigenvalue weighted by Gasteiger charge is 2.36. The first-order valence-corrected chi connectivity index (χ1v) is 9.44. The lowest BCUT2D eigenvalue weighted by Crippen LogP contribution is -2.38. The zero-order valence-corrected chi connectivity index (χ0v) is 15.5. The summed E-state index contributed by atoms with van der Waals surface area (Å²) >= 11 is 0.